The summed E-state index contributed by atoms with van der Waals surface area (Å²) in [7, 11) is 0. The first kappa shape index (κ1) is 18.7. The molecule has 142 valence electrons. The summed E-state index contributed by atoms with van der Waals surface area (Å²) < 4.78 is 0. The molecule has 0 N–H and O–H groups in total. The quantitative estimate of drug-likeness (QED) is 0.597. The van der Waals surface area contributed by atoms with Gasteiger partial charge in [0, 0.05) is 32.7 Å². The van der Waals surface area contributed by atoms with E-state index >= 15 is 0 Å². The van der Waals surface area contributed by atoms with Crippen molar-refractivity contribution in [3.63, 3.8) is 0 Å². The fraction of sp³-hybridized carbons (Fsp3) is 0.231. The molecule has 0 spiro atoms. The molecule has 1 fully saturated rings. The Bertz CT molecular complexity index is 811. The fourth-order valence-electron chi connectivity index (χ4n) is 3.99. The first-order valence-corrected chi connectivity index (χ1v) is 10.2. The van der Waals surface area contributed by atoms with E-state index in [-0.39, 0.29) is 0 Å². The molecule has 1 saturated heterocycles. The normalized spacial score (nSPS) is 16.0. The minimum Gasteiger partial charge on any atom is -0.297 e. The van der Waals surface area contributed by atoms with Crippen LogP contribution >= 0.6 is 0 Å². The minimum absolute atomic E-state index is 0.337. The van der Waals surface area contributed by atoms with E-state index in [0.29, 0.717) is 6.04 Å². The van der Waals surface area contributed by atoms with Crippen LogP contribution in [0.2, 0.25) is 0 Å². The molecule has 3 aromatic rings. The molecule has 0 unspecified atom stereocenters. The summed E-state index contributed by atoms with van der Waals surface area (Å²) >= 11 is 0. The third-order valence-electron chi connectivity index (χ3n) is 5.48. The molecule has 0 aliphatic carbocycles. The molecule has 2 heteroatoms. The Balaban J connectivity index is 1.40. The molecular weight excluding hydrogens is 340 g/mol. The van der Waals surface area contributed by atoms with Gasteiger partial charge in [-0.25, -0.2) is 0 Å². The maximum Gasteiger partial charge on any atom is 0.0602 e. The number of benzene rings is 3. The van der Waals surface area contributed by atoms with Crippen LogP contribution in [-0.2, 0) is 0 Å². The zero-order valence-electron chi connectivity index (χ0n) is 16.3. The fourth-order valence-corrected chi connectivity index (χ4v) is 3.99. The first-order chi connectivity index (χ1) is 13.9. The molecule has 0 saturated carbocycles. The minimum atomic E-state index is 0.337. The summed E-state index contributed by atoms with van der Waals surface area (Å²) in [6.45, 7) is 5.41. The van der Waals surface area contributed by atoms with Crippen molar-refractivity contribution in [3.05, 3.63) is 114 Å². The van der Waals surface area contributed by atoms with Crippen molar-refractivity contribution in [1.29, 1.82) is 0 Å². The summed E-state index contributed by atoms with van der Waals surface area (Å²) in [5, 5.41) is 0. The number of rotatable bonds is 6. The highest BCUT2D eigenvalue weighted by Gasteiger charge is 2.25. The average Bonchev–Trinajstić information content (AvgIpc) is 2.77. The van der Waals surface area contributed by atoms with Gasteiger partial charge in [0.2, 0.25) is 0 Å². The summed E-state index contributed by atoms with van der Waals surface area (Å²) in [5.41, 5.74) is 4.03. The predicted octanol–water partition coefficient (Wildman–Crippen LogP) is 5.11. The van der Waals surface area contributed by atoms with Crippen LogP contribution in [0.1, 0.15) is 22.7 Å². The van der Waals surface area contributed by atoms with Gasteiger partial charge in [-0.2, -0.15) is 0 Å². The van der Waals surface area contributed by atoms with Crippen LogP contribution in [0.15, 0.2) is 97.1 Å². The van der Waals surface area contributed by atoms with Crippen molar-refractivity contribution in [1.82, 2.24) is 9.80 Å². The molecule has 4 rings (SSSR count). The second kappa shape index (κ2) is 9.50. The van der Waals surface area contributed by atoms with Crippen LogP contribution in [0, 0.1) is 0 Å². The van der Waals surface area contributed by atoms with Gasteiger partial charge < -0.3 is 0 Å². The average molecular weight is 369 g/mol. The van der Waals surface area contributed by atoms with Crippen molar-refractivity contribution >= 4 is 6.08 Å². The van der Waals surface area contributed by atoms with E-state index in [2.05, 4.69) is 113 Å². The lowest BCUT2D eigenvalue weighted by Crippen LogP contribution is -2.47. The number of hydrogen-bond acceptors (Lipinski definition) is 2. The van der Waals surface area contributed by atoms with Gasteiger partial charge in [-0.3, -0.25) is 9.80 Å². The van der Waals surface area contributed by atoms with E-state index < -0.39 is 0 Å². The van der Waals surface area contributed by atoms with Crippen molar-refractivity contribution in [2.24, 2.45) is 0 Å². The monoisotopic (exact) mass is 368 g/mol. The van der Waals surface area contributed by atoms with Gasteiger partial charge in [-0.15, -0.1) is 0 Å². The Hall–Kier alpha value is -2.68. The Morgan fingerprint density at radius 3 is 1.68 bits per heavy atom. The third-order valence-corrected chi connectivity index (χ3v) is 5.48. The maximum atomic E-state index is 2.63. The molecule has 1 aliphatic rings. The molecule has 0 radical (unpaired) electrons. The Morgan fingerprint density at radius 2 is 1.14 bits per heavy atom. The van der Waals surface area contributed by atoms with Crippen molar-refractivity contribution in [3.8, 4) is 0 Å². The van der Waals surface area contributed by atoms with Crippen molar-refractivity contribution in [2.75, 3.05) is 32.7 Å². The van der Waals surface area contributed by atoms with E-state index in [9.17, 15) is 0 Å². The van der Waals surface area contributed by atoms with Crippen LogP contribution in [0.4, 0.5) is 0 Å². The Kier molecular flexibility index (Phi) is 6.33. The summed E-state index contributed by atoms with van der Waals surface area (Å²) in [6.07, 6.45) is 4.51. The molecule has 0 bridgehead atoms. The van der Waals surface area contributed by atoms with E-state index in [1.54, 1.807) is 0 Å². The van der Waals surface area contributed by atoms with Gasteiger partial charge in [0.25, 0.3) is 0 Å². The van der Waals surface area contributed by atoms with Gasteiger partial charge in [0.05, 0.1) is 6.04 Å². The lowest BCUT2D eigenvalue weighted by atomic mass is 9.96. The summed E-state index contributed by atoms with van der Waals surface area (Å²) in [4.78, 5) is 5.17. The first-order valence-electron chi connectivity index (χ1n) is 10.2. The number of hydrogen-bond donors (Lipinski definition) is 0. The largest absolute Gasteiger partial charge is 0.297 e. The third kappa shape index (κ3) is 4.78. The van der Waals surface area contributed by atoms with Gasteiger partial charge >= 0.3 is 0 Å². The molecule has 0 amide bonds. The van der Waals surface area contributed by atoms with Gasteiger partial charge in [0.1, 0.15) is 0 Å². The molecule has 1 aliphatic heterocycles. The second-order valence-electron chi connectivity index (χ2n) is 7.37. The molecule has 0 atom stereocenters. The second-order valence-corrected chi connectivity index (χ2v) is 7.37. The molecule has 2 nitrogen and oxygen atoms in total. The highest BCUT2D eigenvalue weighted by Crippen LogP contribution is 2.29. The van der Waals surface area contributed by atoms with Crippen molar-refractivity contribution in [2.45, 2.75) is 6.04 Å². The predicted molar refractivity (Wildman–Crippen MR) is 118 cm³/mol. The molecule has 3 aromatic carbocycles. The molecular formula is C26H28N2. The standard InChI is InChI=1S/C26H28N2/c1-4-11-23(12-5-1)13-10-18-27-19-21-28(22-20-27)26(24-14-6-2-7-15-24)25-16-8-3-9-17-25/h1-17,26H,18-22H2/b13-10-. The van der Waals surface area contributed by atoms with Crippen LogP contribution in [-0.4, -0.2) is 42.5 Å². The lowest BCUT2D eigenvalue weighted by Gasteiger charge is -2.39. The zero-order valence-corrected chi connectivity index (χ0v) is 16.3. The maximum absolute atomic E-state index is 2.63. The smallest absolute Gasteiger partial charge is 0.0602 e. The zero-order chi connectivity index (χ0) is 19.0. The highest BCUT2D eigenvalue weighted by molar-refractivity contribution is 5.48. The number of piperazine rings is 1. The van der Waals surface area contributed by atoms with E-state index in [1.807, 2.05) is 0 Å². The number of nitrogens with zero attached hydrogens (tertiary/aromatic N) is 2. The Morgan fingerprint density at radius 1 is 0.643 bits per heavy atom. The molecule has 0 aromatic heterocycles. The van der Waals surface area contributed by atoms with Crippen LogP contribution in [0.3, 0.4) is 0 Å². The molecule has 28 heavy (non-hydrogen) atoms. The Labute approximate surface area is 168 Å². The topological polar surface area (TPSA) is 6.48 Å². The van der Waals surface area contributed by atoms with Gasteiger partial charge in [-0.1, -0.05) is 103 Å². The summed E-state index contributed by atoms with van der Waals surface area (Å²) in [6, 6.07) is 32.7. The molecule has 1 heterocycles. The van der Waals surface area contributed by atoms with Gasteiger partial charge in [0.15, 0.2) is 0 Å². The van der Waals surface area contributed by atoms with E-state index in [4.69, 9.17) is 0 Å². The van der Waals surface area contributed by atoms with Gasteiger partial charge in [-0.05, 0) is 16.7 Å². The highest BCUT2D eigenvalue weighted by atomic mass is 15.3. The van der Waals surface area contributed by atoms with Crippen molar-refractivity contribution < 1.29 is 0 Å². The summed E-state index contributed by atoms with van der Waals surface area (Å²) in [5.74, 6) is 0. The van der Waals surface area contributed by atoms with Crippen LogP contribution < -0.4 is 0 Å². The lowest BCUT2D eigenvalue weighted by molar-refractivity contribution is 0.118. The van der Waals surface area contributed by atoms with Crippen LogP contribution in [0.25, 0.3) is 6.08 Å². The van der Waals surface area contributed by atoms with Crippen LogP contribution in [0.5, 0.6) is 0 Å². The van der Waals surface area contributed by atoms with E-state index in [1.165, 1.54) is 16.7 Å². The van der Waals surface area contributed by atoms with E-state index in [0.717, 1.165) is 32.7 Å². The SMILES string of the molecule is C(=C/c1ccccc1)/CN1CCN(C(c2ccccc2)c2ccccc2)CC1.